The average molecular weight is 509 g/mol. The predicted molar refractivity (Wildman–Crippen MR) is 136 cm³/mol. The van der Waals surface area contributed by atoms with Gasteiger partial charge in [0, 0.05) is 30.2 Å². The minimum atomic E-state index is -3.58. The second-order valence-electron chi connectivity index (χ2n) is 7.84. The van der Waals surface area contributed by atoms with Crippen LogP contribution in [0.2, 0.25) is 5.02 Å². The second-order valence-corrected chi connectivity index (χ2v) is 11.2. The highest BCUT2D eigenvalue weighted by atomic mass is 35.5. The SMILES string of the molecule is CCN(CC)S(=O)(=O)c1ccc(C(=O)N(CCCN(C)C)c2nc3ccc(Cl)cc3s2)cc1. The first-order chi connectivity index (χ1) is 15.7. The van der Waals surface area contributed by atoms with E-state index in [1.165, 1.54) is 27.8 Å². The van der Waals surface area contributed by atoms with E-state index in [9.17, 15) is 13.2 Å². The van der Waals surface area contributed by atoms with Gasteiger partial charge in [-0.3, -0.25) is 9.69 Å². The van der Waals surface area contributed by atoms with E-state index >= 15 is 0 Å². The standard InChI is InChI=1S/C23H29ClN4O3S2/c1-5-27(6-2)33(30,31)19-11-8-17(9-12-19)22(29)28(15-7-14-26(3)4)23-25-20-13-10-18(24)16-21(20)32-23/h8-13,16H,5-7,14-15H2,1-4H3. The van der Waals surface area contributed by atoms with Gasteiger partial charge in [0.2, 0.25) is 10.0 Å². The lowest BCUT2D eigenvalue weighted by Gasteiger charge is -2.22. The lowest BCUT2D eigenvalue weighted by molar-refractivity contribution is 0.0986. The molecule has 0 bridgehead atoms. The zero-order valence-electron chi connectivity index (χ0n) is 19.3. The molecule has 33 heavy (non-hydrogen) atoms. The molecular weight excluding hydrogens is 480 g/mol. The van der Waals surface area contributed by atoms with Gasteiger partial charge in [-0.15, -0.1) is 0 Å². The van der Waals surface area contributed by atoms with Crippen molar-refractivity contribution < 1.29 is 13.2 Å². The summed E-state index contributed by atoms with van der Waals surface area (Å²) in [5, 5.41) is 1.21. The summed E-state index contributed by atoms with van der Waals surface area (Å²) in [5.74, 6) is -0.217. The van der Waals surface area contributed by atoms with Crippen molar-refractivity contribution in [3.63, 3.8) is 0 Å². The maximum absolute atomic E-state index is 13.5. The minimum absolute atomic E-state index is 0.177. The van der Waals surface area contributed by atoms with Gasteiger partial charge in [0.05, 0.1) is 15.1 Å². The van der Waals surface area contributed by atoms with Crippen molar-refractivity contribution >= 4 is 54.2 Å². The number of rotatable bonds is 10. The molecule has 1 heterocycles. The highest BCUT2D eigenvalue weighted by Crippen LogP contribution is 2.32. The van der Waals surface area contributed by atoms with Crippen molar-refractivity contribution in [3.05, 3.63) is 53.1 Å². The first-order valence-corrected chi connectivity index (χ1v) is 13.4. The molecule has 10 heteroatoms. The Morgan fingerprint density at radius 3 is 2.30 bits per heavy atom. The van der Waals surface area contributed by atoms with E-state index in [0.717, 1.165) is 23.2 Å². The van der Waals surface area contributed by atoms with Gasteiger partial charge < -0.3 is 4.90 Å². The van der Waals surface area contributed by atoms with E-state index in [2.05, 4.69) is 9.88 Å². The number of carbonyl (C=O) groups is 1. The summed E-state index contributed by atoms with van der Waals surface area (Å²) in [5.41, 5.74) is 1.20. The molecule has 0 fully saturated rings. The molecule has 0 unspecified atom stereocenters. The molecule has 0 saturated heterocycles. The summed E-state index contributed by atoms with van der Waals surface area (Å²) < 4.78 is 27.8. The summed E-state index contributed by atoms with van der Waals surface area (Å²) in [6.45, 7) is 5.69. The quantitative estimate of drug-likeness (QED) is 0.401. The maximum atomic E-state index is 13.5. The number of halogens is 1. The molecule has 0 aliphatic carbocycles. The number of aromatic nitrogens is 1. The number of sulfonamides is 1. The first kappa shape index (κ1) is 25.6. The lowest BCUT2D eigenvalue weighted by Crippen LogP contribution is -2.33. The number of thiazole rings is 1. The molecule has 7 nitrogen and oxygen atoms in total. The monoisotopic (exact) mass is 508 g/mol. The Labute approximate surface area is 204 Å². The van der Waals surface area contributed by atoms with Crippen LogP contribution in [-0.4, -0.2) is 68.8 Å². The number of amides is 1. The van der Waals surface area contributed by atoms with Gasteiger partial charge in [0.1, 0.15) is 0 Å². The zero-order chi connectivity index (χ0) is 24.2. The fourth-order valence-corrected chi connectivity index (χ4v) is 6.19. The van der Waals surface area contributed by atoms with E-state index in [4.69, 9.17) is 11.6 Å². The molecule has 0 spiro atoms. The topological polar surface area (TPSA) is 73.8 Å². The third-order valence-electron chi connectivity index (χ3n) is 5.25. The van der Waals surface area contributed by atoms with Crippen LogP contribution in [0.4, 0.5) is 5.13 Å². The zero-order valence-corrected chi connectivity index (χ0v) is 21.7. The van der Waals surface area contributed by atoms with Gasteiger partial charge in [-0.1, -0.05) is 36.8 Å². The molecule has 3 rings (SSSR count). The Hall–Kier alpha value is -2.04. The van der Waals surface area contributed by atoms with Crippen molar-refractivity contribution in [1.29, 1.82) is 0 Å². The Bertz CT molecular complexity index is 1210. The highest BCUT2D eigenvalue weighted by Gasteiger charge is 2.24. The van der Waals surface area contributed by atoms with E-state index in [0.29, 0.717) is 35.4 Å². The van der Waals surface area contributed by atoms with Gasteiger partial charge in [-0.25, -0.2) is 13.4 Å². The van der Waals surface area contributed by atoms with E-state index < -0.39 is 10.0 Å². The van der Waals surface area contributed by atoms with E-state index in [1.807, 2.05) is 26.2 Å². The minimum Gasteiger partial charge on any atom is -0.309 e. The molecule has 1 aromatic heterocycles. The van der Waals surface area contributed by atoms with Crippen LogP contribution in [0.3, 0.4) is 0 Å². The molecule has 0 aliphatic rings. The predicted octanol–water partition coefficient (Wildman–Crippen LogP) is 4.58. The molecule has 0 aliphatic heterocycles. The van der Waals surface area contributed by atoms with Crippen LogP contribution in [0, 0.1) is 0 Å². The van der Waals surface area contributed by atoms with Crippen LogP contribution < -0.4 is 4.90 Å². The van der Waals surface area contributed by atoms with Crippen LogP contribution >= 0.6 is 22.9 Å². The van der Waals surface area contributed by atoms with Gasteiger partial charge in [-0.2, -0.15) is 4.31 Å². The molecule has 3 aromatic rings. The van der Waals surface area contributed by atoms with Crippen molar-refractivity contribution in [3.8, 4) is 0 Å². The number of carbonyl (C=O) groups excluding carboxylic acids is 1. The summed E-state index contributed by atoms with van der Waals surface area (Å²) in [6, 6.07) is 11.6. The van der Waals surface area contributed by atoms with Gasteiger partial charge >= 0.3 is 0 Å². The number of benzene rings is 2. The summed E-state index contributed by atoms with van der Waals surface area (Å²) >= 11 is 7.53. The van der Waals surface area contributed by atoms with Crippen molar-refractivity contribution in [2.24, 2.45) is 0 Å². The maximum Gasteiger partial charge on any atom is 0.260 e. The van der Waals surface area contributed by atoms with Gasteiger partial charge in [0.15, 0.2) is 5.13 Å². The average Bonchev–Trinajstić information content (AvgIpc) is 3.19. The van der Waals surface area contributed by atoms with Crippen molar-refractivity contribution in [2.75, 3.05) is 45.2 Å². The molecule has 1 amide bonds. The normalized spacial score (nSPS) is 12.1. The lowest BCUT2D eigenvalue weighted by atomic mass is 10.2. The Balaban J connectivity index is 1.92. The summed E-state index contributed by atoms with van der Waals surface area (Å²) in [7, 11) is 0.393. The van der Waals surface area contributed by atoms with Crippen molar-refractivity contribution in [2.45, 2.75) is 25.2 Å². The Kier molecular flexibility index (Phi) is 8.47. The number of anilines is 1. The fourth-order valence-electron chi connectivity index (χ4n) is 3.47. The summed E-state index contributed by atoms with van der Waals surface area (Å²) in [6.07, 6.45) is 0.768. The van der Waals surface area contributed by atoms with Crippen LogP contribution in [0.25, 0.3) is 10.2 Å². The third kappa shape index (κ3) is 5.91. The molecule has 178 valence electrons. The van der Waals surface area contributed by atoms with Crippen LogP contribution in [0.15, 0.2) is 47.4 Å². The first-order valence-electron chi connectivity index (χ1n) is 10.8. The Morgan fingerprint density at radius 1 is 1.03 bits per heavy atom. The van der Waals surface area contributed by atoms with E-state index in [-0.39, 0.29) is 10.8 Å². The molecule has 0 saturated carbocycles. The van der Waals surface area contributed by atoms with Crippen LogP contribution in [0.5, 0.6) is 0 Å². The van der Waals surface area contributed by atoms with Crippen molar-refractivity contribution in [1.82, 2.24) is 14.2 Å². The van der Waals surface area contributed by atoms with Gasteiger partial charge in [-0.05, 0) is 69.5 Å². The number of nitrogens with zero attached hydrogens (tertiary/aromatic N) is 4. The Morgan fingerprint density at radius 2 is 1.70 bits per heavy atom. The number of hydrogen-bond acceptors (Lipinski definition) is 6. The van der Waals surface area contributed by atoms with Crippen LogP contribution in [-0.2, 0) is 10.0 Å². The molecule has 0 atom stereocenters. The largest absolute Gasteiger partial charge is 0.309 e. The van der Waals surface area contributed by atoms with Crippen LogP contribution in [0.1, 0.15) is 30.6 Å². The number of fused-ring (bicyclic) bond motifs is 1. The third-order valence-corrected chi connectivity index (χ3v) is 8.59. The molecular formula is C23H29ClN4O3S2. The smallest absolute Gasteiger partial charge is 0.260 e. The highest BCUT2D eigenvalue weighted by molar-refractivity contribution is 7.89. The molecule has 0 radical (unpaired) electrons. The van der Waals surface area contributed by atoms with Gasteiger partial charge in [0.25, 0.3) is 5.91 Å². The summed E-state index contributed by atoms with van der Waals surface area (Å²) in [4.78, 5) is 22.0. The fraction of sp³-hybridized carbons (Fsp3) is 0.391. The van der Waals surface area contributed by atoms with E-state index in [1.54, 1.807) is 36.9 Å². The number of hydrogen-bond donors (Lipinski definition) is 0. The second kappa shape index (κ2) is 10.9. The molecule has 0 N–H and O–H groups in total. The molecule has 2 aromatic carbocycles.